The van der Waals surface area contributed by atoms with Crippen molar-refractivity contribution in [1.29, 1.82) is 0 Å². The second-order valence-electron chi connectivity index (χ2n) is 7.45. The van der Waals surface area contributed by atoms with E-state index in [0.717, 1.165) is 56.8 Å². The molecule has 0 radical (unpaired) electrons. The summed E-state index contributed by atoms with van der Waals surface area (Å²) in [6.07, 6.45) is 4.62. The summed E-state index contributed by atoms with van der Waals surface area (Å²) in [7, 11) is 0. The zero-order valence-corrected chi connectivity index (χ0v) is 16.1. The molecule has 4 rings (SSSR count). The maximum absolute atomic E-state index is 12.5. The molecule has 0 saturated carbocycles. The van der Waals surface area contributed by atoms with Gasteiger partial charge < -0.3 is 19.7 Å². The summed E-state index contributed by atoms with van der Waals surface area (Å²) in [6, 6.07) is 13.7. The molecule has 1 aromatic carbocycles. The highest BCUT2D eigenvalue weighted by Crippen LogP contribution is 2.32. The molecule has 2 aromatic rings. The van der Waals surface area contributed by atoms with Crippen molar-refractivity contribution in [2.45, 2.75) is 31.4 Å². The van der Waals surface area contributed by atoms with Gasteiger partial charge in [0.1, 0.15) is 5.69 Å². The number of pyridine rings is 1. The largest absolute Gasteiger partial charge is 0.381 e. The van der Waals surface area contributed by atoms with Gasteiger partial charge in [-0.05, 0) is 37.0 Å². The molecule has 0 unspecified atom stereocenters. The number of carbonyl (C=O) groups is 1. The van der Waals surface area contributed by atoms with E-state index >= 15 is 0 Å². The molecule has 2 aliphatic rings. The molecule has 148 valence electrons. The number of nitrogens with one attached hydrogen (secondary N) is 1. The van der Waals surface area contributed by atoms with Crippen molar-refractivity contribution in [3.05, 3.63) is 59.9 Å². The first-order chi connectivity index (χ1) is 13.7. The molecule has 2 fully saturated rings. The van der Waals surface area contributed by atoms with Crippen LogP contribution in [0.15, 0.2) is 48.7 Å². The fourth-order valence-corrected chi connectivity index (χ4v) is 3.90. The number of rotatable bonds is 4. The van der Waals surface area contributed by atoms with Crippen LogP contribution in [-0.4, -0.2) is 49.4 Å². The van der Waals surface area contributed by atoms with E-state index in [4.69, 9.17) is 9.47 Å². The van der Waals surface area contributed by atoms with E-state index in [1.54, 1.807) is 6.20 Å². The van der Waals surface area contributed by atoms with E-state index in [1.807, 2.05) is 42.5 Å². The zero-order valence-electron chi connectivity index (χ0n) is 16.1. The second kappa shape index (κ2) is 8.71. The van der Waals surface area contributed by atoms with E-state index < -0.39 is 0 Å². The van der Waals surface area contributed by atoms with Crippen LogP contribution in [-0.2, 0) is 16.0 Å². The molecule has 2 aliphatic heterocycles. The summed E-state index contributed by atoms with van der Waals surface area (Å²) in [5.41, 5.74) is 2.49. The number of anilines is 1. The number of hydrogen-bond donors (Lipinski definition) is 1. The number of carbonyl (C=O) groups excluding carboxylic acids is 1. The smallest absolute Gasteiger partial charge is 0.270 e. The van der Waals surface area contributed by atoms with E-state index in [-0.39, 0.29) is 11.5 Å². The lowest BCUT2D eigenvalue weighted by atomic mass is 9.90. The molecule has 3 heterocycles. The van der Waals surface area contributed by atoms with Crippen LogP contribution in [0.2, 0.25) is 0 Å². The average Bonchev–Trinajstić information content (AvgIpc) is 2.96. The van der Waals surface area contributed by atoms with E-state index in [9.17, 15) is 4.79 Å². The third-order valence-electron chi connectivity index (χ3n) is 5.65. The minimum atomic E-state index is -0.155. The van der Waals surface area contributed by atoms with Crippen LogP contribution < -0.4 is 10.2 Å². The number of benzene rings is 1. The molecule has 1 amide bonds. The molecule has 1 spiro atoms. The molecule has 28 heavy (non-hydrogen) atoms. The first kappa shape index (κ1) is 18.9. The predicted octanol–water partition coefficient (Wildman–Crippen LogP) is 2.79. The number of ether oxygens (including phenoxy) is 2. The average molecular weight is 381 g/mol. The highest BCUT2D eigenvalue weighted by molar-refractivity contribution is 5.93. The fraction of sp³-hybridized carbons (Fsp3) is 0.455. The molecule has 6 nitrogen and oxygen atoms in total. The minimum Gasteiger partial charge on any atom is -0.381 e. The summed E-state index contributed by atoms with van der Waals surface area (Å²) in [5, 5.41) is 2.95. The molecule has 1 aromatic heterocycles. The van der Waals surface area contributed by atoms with Gasteiger partial charge in [-0.2, -0.15) is 0 Å². The molecule has 1 N–H and O–H groups in total. The number of aromatic nitrogens is 1. The van der Waals surface area contributed by atoms with Crippen molar-refractivity contribution in [2.24, 2.45) is 0 Å². The van der Waals surface area contributed by atoms with Gasteiger partial charge in [0, 0.05) is 44.7 Å². The number of nitrogens with zero attached hydrogens (tertiary/aromatic N) is 2. The van der Waals surface area contributed by atoms with Crippen molar-refractivity contribution in [1.82, 2.24) is 10.3 Å². The minimum absolute atomic E-state index is 0.0457. The van der Waals surface area contributed by atoms with Gasteiger partial charge in [-0.15, -0.1) is 0 Å². The Labute approximate surface area is 165 Å². The van der Waals surface area contributed by atoms with E-state index in [1.165, 1.54) is 0 Å². The van der Waals surface area contributed by atoms with E-state index in [2.05, 4.69) is 15.2 Å². The van der Waals surface area contributed by atoms with Crippen LogP contribution in [0.5, 0.6) is 0 Å². The van der Waals surface area contributed by atoms with Crippen molar-refractivity contribution < 1.29 is 14.3 Å². The molecule has 2 saturated heterocycles. The Balaban J connectivity index is 1.39. The van der Waals surface area contributed by atoms with Crippen LogP contribution in [0.25, 0.3) is 0 Å². The van der Waals surface area contributed by atoms with Gasteiger partial charge in [0.15, 0.2) is 0 Å². The molecule has 0 atom stereocenters. The first-order valence-corrected chi connectivity index (χ1v) is 9.99. The summed E-state index contributed by atoms with van der Waals surface area (Å²) < 4.78 is 11.7. The van der Waals surface area contributed by atoms with Gasteiger partial charge in [0.25, 0.3) is 5.91 Å². The van der Waals surface area contributed by atoms with Crippen LogP contribution >= 0.6 is 0 Å². The molecular formula is C22H27N3O3. The van der Waals surface area contributed by atoms with Crippen molar-refractivity contribution in [2.75, 3.05) is 37.8 Å². The highest BCUT2D eigenvalue weighted by Gasteiger charge is 2.35. The topological polar surface area (TPSA) is 63.7 Å². The van der Waals surface area contributed by atoms with Gasteiger partial charge in [-0.3, -0.25) is 9.78 Å². The first-order valence-electron chi connectivity index (χ1n) is 9.99. The zero-order chi connectivity index (χ0) is 19.2. The Morgan fingerprint density at radius 1 is 1.07 bits per heavy atom. The highest BCUT2D eigenvalue weighted by atomic mass is 16.5. The van der Waals surface area contributed by atoms with Crippen molar-refractivity contribution >= 4 is 11.6 Å². The normalized spacial score (nSPS) is 19.2. The lowest BCUT2D eigenvalue weighted by Gasteiger charge is -2.35. The van der Waals surface area contributed by atoms with Crippen LogP contribution in [0.3, 0.4) is 0 Å². The van der Waals surface area contributed by atoms with Gasteiger partial charge in [0.2, 0.25) is 0 Å². The Morgan fingerprint density at radius 2 is 1.89 bits per heavy atom. The standard InChI is InChI=1S/C22H27N3O3/c26-21(24-17-18-4-2-1-3-5-18)20-16-19(6-10-23-20)25-11-7-22(28-15-12-25)8-13-27-14-9-22/h1-6,10,16H,7-9,11-15,17H2,(H,24,26). The molecule has 6 heteroatoms. The van der Waals surface area contributed by atoms with Crippen molar-refractivity contribution in [3.63, 3.8) is 0 Å². The van der Waals surface area contributed by atoms with Gasteiger partial charge in [-0.1, -0.05) is 30.3 Å². The third-order valence-corrected chi connectivity index (χ3v) is 5.65. The Hall–Kier alpha value is -2.44. The summed E-state index contributed by atoms with van der Waals surface area (Å²) in [4.78, 5) is 19.1. The lowest BCUT2D eigenvalue weighted by Crippen LogP contribution is -2.39. The maximum Gasteiger partial charge on any atom is 0.270 e. The number of hydrogen-bond acceptors (Lipinski definition) is 5. The Morgan fingerprint density at radius 3 is 2.71 bits per heavy atom. The third kappa shape index (κ3) is 4.51. The van der Waals surface area contributed by atoms with Crippen LogP contribution in [0.1, 0.15) is 35.3 Å². The fourth-order valence-electron chi connectivity index (χ4n) is 3.90. The molecule has 0 bridgehead atoms. The van der Waals surface area contributed by atoms with Gasteiger partial charge in [0.05, 0.1) is 12.2 Å². The molecular weight excluding hydrogens is 354 g/mol. The quantitative estimate of drug-likeness (QED) is 0.882. The lowest BCUT2D eigenvalue weighted by molar-refractivity contribution is -0.105. The van der Waals surface area contributed by atoms with Crippen molar-refractivity contribution in [3.8, 4) is 0 Å². The number of amides is 1. The second-order valence-corrected chi connectivity index (χ2v) is 7.45. The summed E-state index contributed by atoms with van der Waals surface area (Å²) in [6.45, 7) is 4.47. The summed E-state index contributed by atoms with van der Waals surface area (Å²) >= 11 is 0. The maximum atomic E-state index is 12.5. The van der Waals surface area contributed by atoms with Gasteiger partial charge in [-0.25, -0.2) is 0 Å². The van der Waals surface area contributed by atoms with Crippen LogP contribution in [0.4, 0.5) is 5.69 Å². The summed E-state index contributed by atoms with van der Waals surface area (Å²) in [5.74, 6) is -0.155. The monoisotopic (exact) mass is 381 g/mol. The Bertz CT molecular complexity index is 791. The SMILES string of the molecule is O=C(NCc1ccccc1)c1cc(N2CCOC3(CCOCC3)CC2)ccn1. The van der Waals surface area contributed by atoms with E-state index in [0.29, 0.717) is 18.8 Å². The predicted molar refractivity (Wildman–Crippen MR) is 107 cm³/mol. The van der Waals surface area contributed by atoms with Gasteiger partial charge >= 0.3 is 0 Å². The van der Waals surface area contributed by atoms with Crippen LogP contribution in [0, 0.1) is 0 Å². The molecule has 0 aliphatic carbocycles. The Kier molecular flexibility index (Phi) is 5.88.